The average Bonchev–Trinajstić information content (AvgIpc) is 3.13. The lowest BCUT2D eigenvalue weighted by molar-refractivity contribution is 0.156. The second-order valence-electron chi connectivity index (χ2n) is 6.94. The second-order valence-corrected chi connectivity index (χ2v) is 6.94. The maximum absolute atomic E-state index is 4.75. The van der Waals surface area contributed by atoms with Crippen molar-refractivity contribution in [2.24, 2.45) is 0 Å². The smallest absolute Gasteiger partial charge is 0.0925 e. The fourth-order valence-electron chi connectivity index (χ4n) is 4.05. The molecular weight excluding hydrogens is 320 g/mol. The Morgan fingerprint density at radius 2 is 1.46 bits per heavy atom. The van der Waals surface area contributed by atoms with Gasteiger partial charge in [-0.05, 0) is 18.1 Å². The monoisotopic (exact) mass is 346 g/mol. The summed E-state index contributed by atoms with van der Waals surface area (Å²) < 4.78 is 0. The first kappa shape index (κ1) is 17.0. The highest BCUT2D eigenvalue weighted by molar-refractivity contribution is 5.37. The minimum Gasteiger partial charge on any atom is -0.348 e. The van der Waals surface area contributed by atoms with Crippen molar-refractivity contribution in [3.8, 4) is 0 Å². The van der Waals surface area contributed by atoms with Crippen LogP contribution in [0, 0.1) is 6.92 Å². The zero-order chi connectivity index (χ0) is 17.8. The summed E-state index contributed by atoms with van der Waals surface area (Å²) in [5.41, 5.74) is 4.99. The lowest BCUT2D eigenvalue weighted by Gasteiger charge is -2.39. The molecule has 0 spiro atoms. The zero-order valence-electron chi connectivity index (χ0n) is 15.2. The zero-order valence-corrected chi connectivity index (χ0v) is 15.2. The van der Waals surface area contributed by atoms with Crippen LogP contribution in [0.3, 0.4) is 0 Å². The summed E-state index contributed by atoms with van der Waals surface area (Å²) in [6, 6.07) is 21.9. The standard InChI is InChI=1S/C22H26N4/c1-17-21(25-16-24-17)22(26-14-12-23-13-15-26)20(18-8-4-2-5-9-18)19-10-6-3-7-11-19/h2-11,16,20,22-23H,12-15H2,1H3,(H,24,25). The van der Waals surface area contributed by atoms with Crippen LogP contribution in [-0.2, 0) is 0 Å². The molecule has 134 valence electrons. The van der Waals surface area contributed by atoms with Crippen LogP contribution in [0.5, 0.6) is 0 Å². The molecule has 3 aromatic rings. The topological polar surface area (TPSA) is 44.0 Å². The van der Waals surface area contributed by atoms with E-state index in [0.717, 1.165) is 37.6 Å². The van der Waals surface area contributed by atoms with E-state index in [4.69, 9.17) is 4.98 Å². The molecule has 1 atom stereocenters. The molecule has 2 heterocycles. The molecule has 4 rings (SSSR count). The van der Waals surface area contributed by atoms with E-state index in [9.17, 15) is 0 Å². The van der Waals surface area contributed by atoms with E-state index in [0.29, 0.717) is 0 Å². The summed E-state index contributed by atoms with van der Waals surface area (Å²) in [6.45, 7) is 6.25. The van der Waals surface area contributed by atoms with Gasteiger partial charge in [0.15, 0.2) is 0 Å². The average molecular weight is 346 g/mol. The predicted octanol–water partition coefficient (Wildman–Crippen LogP) is 3.50. The van der Waals surface area contributed by atoms with Gasteiger partial charge in [0, 0.05) is 37.8 Å². The molecule has 1 aliphatic heterocycles. The van der Waals surface area contributed by atoms with Crippen molar-refractivity contribution in [3.63, 3.8) is 0 Å². The molecule has 0 bridgehead atoms. The largest absolute Gasteiger partial charge is 0.348 e. The Morgan fingerprint density at radius 3 is 1.96 bits per heavy atom. The SMILES string of the molecule is Cc1[nH]cnc1C(C(c1ccccc1)c1ccccc1)N1CCNCC1. The number of imidazole rings is 1. The number of rotatable bonds is 5. The highest BCUT2D eigenvalue weighted by Gasteiger charge is 2.34. The van der Waals surface area contributed by atoms with Crippen LogP contribution in [0.4, 0.5) is 0 Å². The lowest BCUT2D eigenvalue weighted by Crippen LogP contribution is -2.47. The van der Waals surface area contributed by atoms with E-state index < -0.39 is 0 Å². The van der Waals surface area contributed by atoms with Crippen molar-refractivity contribution in [1.82, 2.24) is 20.2 Å². The molecule has 4 heteroatoms. The third kappa shape index (κ3) is 3.43. The highest BCUT2D eigenvalue weighted by atomic mass is 15.2. The van der Waals surface area contributed by atoms with Gasteiger partial charge in [-0.15, -0.1) is 0 Å². The van der Waals surface area contributed by atoms with Crippen molar-refractivity contribution < 1.29 is 0 Å². The summed E-state index contributed by atoms with van der Waals surface area (Å²) in [6.07, 6.45) is 1.83. The molecule has 2 aromatic carbocycles. The van der Waals surface area contributed by atoms with Gasteiger partial charge >= 0.3 is 0 Å². The third-order valence-corrected chi connectivity index (χ3v) is 5.33. The Hall–Kier alpha value is -2.43. The van der Waals surface area contributed by atoms with E-state index >= 15 is 0 Å². The van der Waals surface area contributed by atoms with E-state index in [1.807, 2.05) is 6.33 Å². The molecular formula is C22H26N4. The number of aromatic amines is 1. The van der Waals surface area contributed by atoms with E-state index in [2.05, 4.69) is 82.8 Å². The number of nitrogens with zero attached hydrogens (tertiary/aromatic N) is 2. The minimum atomic E-state index is 0.216. The molecule has 0 saturated carbocycles. The normalized spacial score (nSPS) is 16.7. The number of benzene rings is 2. The van der Waals surface area contributed by atoms with Gasteiger partial charge in [-0.2, -0.15) is 0 Å². The first-order valence-electron chi connectivity index (χ1n) is 9.39. The number of piperazine rings is 1. The van der Waals surface area contributed by atoms with Crippen LogP contribution in [0.2, 0.25) is 0 Å². The highest BCUT2D eigenvalue weighted by Crippen LogP contribution is 2.41. The Labute approximate surface area is 155 Å². The molecule has 26 heavy (non-hydrogen) atoms. The summed E-state index contributed by atoms with van der Waals surface area (Å²) >= 11 is 0. The molecule has 1 aliphatic rings. The summed E-state index contributed by atoms with van der Waals surface area (Å²) in [7, 11) is 0. The van der Waals surface area contributed by atoms with Gasteiger partial charge in [0.05, 0.1) is 18.1 Å². The Balaban J connectivity index is 1.85. The Morgan fingerprint density at radius 1 is 0.885 bits per heavy atom. The van der Waals surface area contributed by atoms with Crippen LogP contribution in [-0.4, -0.2) is 41.0 Å². The lowest BCUT2D eigenvalue weighted by atomic mass is 9.82. The van der Waals surface area contributed by atoms with Gasteiger partial charge in [-0.1, -0.05) is 60.7 Å². The van der Waals surface area contributed by atoms with Crippen LogP contribution < -0.4 is 5.32 Å². The number of hydrogen-bond donors (Lipinski definition) is 2. The maximum atomic E-state index is 4.75. The van der Waals surface area contributed by atoms with E-state index in [-0.39, 0.29) is 12.0 Å². The van der Waals surface area contributed by atoms with Gasteiger partial charge < -0.3 is 10.3 Å². The van der Waals surface area contributed by atoms with E-state index in [1.165, 1.54) is 11.1 Å². The van der Waals surface area contributed by atoms with Gasteiger partial charge in [0.25, 0.3) is 0 Å². The maximum Gasteiger partial charge on any atom is 0.0925 e. The van der Waals surface area contributed by atoms with Crippen molar-refractivity contribution in [1.29, 1.82) is 0 Å². The second kappa shape index (κ2) is 7.85. The van der Waals surface area contributed by atoms with Gasteiger partial charge in [0.2, 0.25) is 0 Å². The summed E-state index contributed by atoms with van der Waals surface area (Å²) in [4.78, 5) is 10.6. The fraction of sp³-hybridized carbons (Fsp3) is 0.318. The van der Waals surface area contributed by atoms with E-state index in [1.54, 1.807) is 0 Å². The molecule has 2 N–H and O–H groups in total. The van der Waals surface area contributed by atoms with Gasteiger partial charge in [-0.25, -0.2) is 4.98 Å². The first-order chi connectivity index (χ1) is 12.8. The Bertz CT molecular complexity index is 767. The van der Waals surface area contributed by atoms with Crippen LogP contribution >= 0.6 is 0 Å². The molecule has 1 saturated heterocycles. The number of H-pyrrole nitrogens is 1. The van der Waals surface area contributed by atoms with Crippen molar-refractivity contribution in [3.05, 3.63) is 89.5 Å². The summed E-state index contributed by atoms with van der Waals surface area (Å²) in [5.74, 6) is 0.248. The van der Waals surface area contributed by atoms with Crippen LogP contribution in [0.1, 0.15) is 34.5 Å². The number of aryl methyl sites for hydroxylation is 1. The molecule has 4 nitrogen and oxygen atoms in total. The third-order valence-electron chi connectivity index (χ3n) is 5.33. The number of nitrogens with one attached hydrogen (secondary N) is 2. The van der Waals surface area contributed by atoms with Crippen molar-refractivity contribution in [2.75, 3.05) is 26.2 Å². The molecule has 0 radical (unpaired) electrons. The van der Waals surface area contributed by atoms with Crippen LogP contribution in [0.15, 0.2) is 67.0 Å². The molecule has 1 aromatic heterocycles. The minimum absolute atomic E-state index is 0.216. The number of hydrogen-bond acceptors (Lipinski definition) is 3. The fourth-order valence-corrected chi connectivity index (χ4v) is 4.05. The molecule has 0 aliphatic carbocycles. The van der Waals surface area contributed by atoms with Crippen molar-refractivity contribution >= 4 is 0 Å². The number of aromatic nitrogens is 2. The summed E-state index contributed by atoms with van der Waals surface area (Å²) in [5, 5.41) is 3.48. The predicted molar refractivity (Wildman–Crippen MR) is 105 cm³/mol. The quantitative estimate of drug-likeness (QED) is 0.743. The molecule has 1 fully saturated rings. The van der Waals surface area contributed by atoms with Crippen molar-refractivity contribution in [2.45, 2.75) is 18.9 Å². The molecule has 1 unspecified atom stereocenters. The van der Waals surface area contributed by atoms with Crippen LogP contribution in [0.25, 0.3) is 0 Å². The van der Waals surface area contributed by atoms with Gasteiger partial charge in [0.1, 0.15) is 0 Å². The Kier molecular flexibility index (Phi) is 5.14. The first-order valence-corrected chi connectivity index (χ1v) is 9.39. The van der Waals surface area contributed by atoms with Gasteiger partial charge in [-0.3, -0.25) is 4.90 Å². The molecule has 0 amide bonds.